The number of hydrogen-bond acceptors (Lipinski definition) is 8. The molecule has 0 fully saturated rings. The second kappa shape index (κ2) is 7.39. The number of anilines is 4. The minimum atomic E-state index is -0.516. The van der Waals surface area contributed by atoms with Crippen molar-refractivity contribution in [3.8, 4) is 11.5 Å². The summed E-state index contributed by atoms with van der Waals surface area (Å²) in [6.45, 7) is 2.21. The summed E-state index contributed by atoms with van der Waals surface area (Å²) in [5.74, 6) is 1.37. The number of hydrogen-bond donors (Lipinski definition) is 2. The smallest absolute Gasteiger partial charge is 0.353 e. The van der Waals surface area contributed by atoms with Gasteiger partial charge in [-0.3, -0.25) is 10.1 Å². The van der Waals surface area contributed by atoms with Crippen molar-refractivity contribution in [3.05, 3.63) is 64.5 Å². The molecule has 0 amide bonds. The van der Waals surface area contributed by atoms with Crippen LogP contribution in [0.15, 0.2) is 48.8 Å². The maximum Gasteiger partial charge on any atom is 0.353 e. The van der Waals surface area contributed by atoms with Gasteiger partial charge in [-0.15, -0.1) is 0 Å². The van der Waals surface area contributed by atoms with E-state index >= 15 is 0 Å². The average Bonchev–Trinajstić information content (AvgIpc) is 3.16. The van der Waals surface area contributed by atoms with Gasteiger partial charge in [-0.05, 0) is 36.2 Å². The minimum Gasteiger partial charge on any atom is -0.454 e. The molecule has 1 aliphatic heterocycles. The SMILES string of the molecule is CCc1ccc(Nc2ncnc(Nc3ccc4c(c3)OCO4)c2[N+](=O)[O-])cc1. The Hall–Kier alpha value is -3.88. The highest BCUT2D eigenvalue weighted by Gasteiger charge is 2.24. The van der Waals surface area contributed by atoms with Crippen LogP contribution in [0.3, 0.4) is 0 Å². The minimum absolute atomic E-state index is 0.0755. The van der Waals surface area contributed by atoms with Crippen LogP contribution in [0.4, 0.5) is 28.7 Å². The molecule has 1 aromatic heterocycles. The molecule has 2 N–H and O–H groups in total. The van der Waals surface area contributed by atoms with Gasteiger partial charge in [0.25, 0.3) is 0 Å². The normalized spacial score (nSPS) is 11.9. The van der Waals surface area contributed by atoms with Gasteiger partial charge in [-0.2, -0.15) is 0 Å². The van der Waals surface area contributed by atoms with Crippen molar-refractivity contribution in [2.24, 2.45) is 0 Å². The highest BCUT2D eigenvalue weighted by Crippen LogP contribution is 2.37. The number of nitrogens with zero attached hydrogens (tertiary/aromatic N) is 3. The molecule has 0 saturated carbocycles. The topological polar surface area (TPSA) is 111 Å². The first-order valence-corrected chi connectivity index (χ1v) is 8.66. The standard InChI is InChI=1S/C19H17N5O4/c1-2-12-3-5-13(6-4-12)22-18-17(24(25)26)19(21-10-20-18)23-14-7-8-15-16(9-14)28-11-27-15/h3-10H,2,11H2,1H3,(H2,20,21,22,23). The van der Waals surface area contributed by atoms with Crippen LogP contribution in [0.25, 0.3) is 0 Å². The molecular formula is C19H17N5O4. The number of rotatable bonds is 6. The molecule has 0 unspecified atom stereocenters. The predicted molar refractivity (Wildman–Crippen MR) is 104 cm³/mol. The van der Waals surface area contributed by atoms with Crippen molar-refractivity contribution in [2.75, 3.05) is 17.4 Å². The van der Waals surface area contributed by atoms with Crippen LogP contribution in [0, 0.1) is 10.1 Å². The van der Waals surface area contributed by atoms with E-state index in [2.05, 4.69) is 27.5 Å². The summed E-state index contributed by atoms with van der Waals surface area (Å²) in [4.78, 5) is 19.3. The fraction of sp³-hybridized carbons (Fsp3) is 0.158. The van der Waals surface area contributed by atoms with Gasteiger partial charge in [0.2, 0.25) is 18.4 Å². The van der Waals surface area contributed by atoms with Gasteiger partial charge in [0.05, 0.1) is 4.92 Å². The summed E-state index contributed by atoms with van der Waals surface area (Å²) in [6.07, 6.45) is 2.18. The quantitative estimate of drug-likeness (QED) is 0.485. The lowest BCUT2D eigenvalue weighted by molar-refractivity contribution is -0.383. The monoisotopic (exact) mass is 379 g/mol. The maximum atomic E-state index is 11.7. The summed E-state index contributed by atoms with van der Waals surface area (Å²) in [6, 6.07) is 12.8. The lowest BCUT2D eigenvalue weighted by Gasteiger charge is -2.11. The first-order valence-electron chi connectivity index (χ1n) is 8.66. The van der Waals surface area contributed by atoms with Crippen LogP contribution in [0.2, 0.25) is 0 Å². The van der Waals surface area contributed by atoms with Crippen molar-refractivity contribution in [1.29, 1.82) is 0 Å². The number of fused-ring (bicyclic) bond motifs is 1. The second-order valence-corrected chi connectivity index (χ2v) is 6.05. The molecule has 142 valence electrons. The second-order valence-electron chi connectivity index (χ2n) is 6.05. The number of aromatic nitrogens is 2. The van der Waals surface area contributed by atoms with E-state index in [9.17, 15) is 10.1 Å². The summed E-state index contributed by atoms with van der Waals surface area (Å²) < 4.78 is 10.6. The first-order chi connectivity index (χ1) is 13.6. The molecule has 9 heteroatoms. The van der Waals surface area contributed by atoms with Gasteiger partial charge in [0, 0.05) is 17.4 Å². The Labute approximate surface area is 160 Å². The third-order valence-electron chi connectivity index (χ3n) is 4.27. The van der Waals surface area contributed by atoms with E-state index in [4.69, 9.17) is 9.47 Å². The molecule has 2 heterocycles. The zero-order valence-corrected chi connectivity index (χ0v) is 15.0. The van der Waals surface area contributed by atoms with Gasteiger partial charge in [-0.1, -0.05) is 19.1 Å². The van der Waals surface area contributed by atoms with Crippen LogP contribution in [0.1, 0.15) is 12.5 Å². The summed E-state index contributed by atoms with van der Waals surface area (Å²) >= 11 is 0. The molecule has 0 aliphatic carbocycles. The van der Waals surface area contributed by atoms with E-state index in [-0.39, 0.29) is 24.1 Å². The Morgan fingerprint density at radius 2 is 1.64 bits per heavy atom. The Balaban J connectivity index is 1.64. The van der Waals surface area contributed by atoms with Crippen LogP contribution in [0.5, 0.6) is 11.5 Å². The summed E-state index contributed by atoms with van der Waals surface area (Å²) in [5.41, 5.74) is 2.21. The number of benzene rings is 2. The van der Waals surface area contributed by atoms with Crippen molar-refractivity contribution in [3.63, 3.8) is 0 Å². The fourth-order valence-corrected chi connectivity index (χ4v) is 2.81. The molecule has 4 rings (SSSR count). The Morgan fingerprint density at radius 3 is 2.32 bits per heavy atom. The lowest BCUT2D eigenvalue weighted by Crippen LogP contribution is -2.05. The van der Waals surface area contributed by atoms with E-state index in [0.717, 1.165) is 6.42 Å². The van der Waals surface area contributed by atoms with Crippen molar-refractivity contribution >= 4 is 28.7 Å². The molecule has 2 aromatic carbocycles. The number of nitrogens with one attached hydrogen (secondary N) is 2. The molecule has 0 bridgehead atoms. The zero-order valence-electron chi connectivity index (χ0n) is 15.0. The zero-order chi connectivity index (χ0) is 19.5. The predicted octanol–water partition coefficient (Wildman–Crippen LogP) is 4.16. The molecular weight excluding hydrogens is 362 g/mol. The Kier molecular flexibility index (Phi) is 4.63. The van der Waals surface area contributed by atoms with Gasteiger partial charge < -0.3 is 20.1 Å². The van der Waals surface area contributed by atoms with Crippen molar-refractivity contribution < 1.29 is 14.4 Å². The molecule has 0 radical (unpaired) electrons. The summed E-state index contributed by atoms with van der Waals surface area (Å²) in [7, 11) is 0. The van der Waals surface area contributed by atoms with E-state index in [1.165, 1.54) is 11.9 Å². The van der Waals surface area contributed by atoms with Gasteiger partial charge in [0.15, 0.2) is 11.5 Å². The third-order valence-corrected chi connectivity index (χ3v) is 4.27. The van der Waals surface area contributed by atoms with Gasteiger partial charge >= 0.3 is 5.69 Å². The van der Waals surface area contributed by atoms with E-state index < -0.39 is 4.92 Å². The van der Waals surface area contributed by atoms with E-state index in [1.807, 2.05) is 24.3 Å². The van der Waals surface area contributed by atoms with E-state index in [0.29, 0.717) is 22.9 Å². The maximum absolute atomic E-state index is 11.7. The van der Waals surface area contributed by atoms with Crippen LogP contribution < -0.4 is 20.1 Å². The van der Waals surface area contributed by atoms with Crippen molar-refractivity contribution in [1.82, 2.24) is 9.97 Å². The van der Waals surface area contributed by atoms with Crippen LogP contribution in [-0.2, 0) is 6.42 Å². The third kappa shape index (κ3) is 3.50. The van der Waals surface area contributed by atoms with Crippen LogP contribution in [-0.4, -0.2) is 21.7 Å². The lowest BCUT2D eigenvalue weighted by atomic mass is 10.1. The Morgan fingerprint density at radius 1 is 1.00 bits per heavy atom. The molecule has 0 saturated heterocycles. The highest BCUT2D eigenvalue weighted by atomic mass is 16.7. The van der Waals surface area contributed by atoms with Crippen LogP contribution >= 0.6 is 0 Å². The molecule has 3 aromatic rings. The Bertz CT molecular complexity index is 1020. The highest BCUT2D eigenvalue weighted by molar-refractivity contribution is 5.77. The number of ether oxygens (including phenoxy) is 2. The number of aryl methyl sites for hydroxylation is 1. The molecule has 1 aliphatic rings. The fourth-order valence-electron chi connectivity index (χ4n) is 2.81. The first kappa shape index (κ1) is 17.5. The van der Waals surface area contributed by atoms with Crippen molar-refractivity contribution in [2.45, 2.75) is 13.3 Å². The average molecular weight is 379 g/mol. The van der Waals surface area contributed by atoms with E-state index in [1.54, 1.807) is 18.2 Å². The van der Waals surface area contributed by atoms with Gasteiger partial charge in [0.1, 0.15) is 6.33 Å². The molecule has 0 spiro atoms. The van der Waals surface area contributed by atoms with Gasteiger partial charge in [-0.25, -0.2) is 9.97 Å². The number of nitro groups is 1. The molecule has 28 heavy (non-hydrogen) atoms. The summed E-state index contributed by atoms with van der Waals surface area (Å²) in [5, 5.41) is 17.7. The molecule has 0 atom stereocenters. The molecule has 9 nitrogen and oxygen atoms in total. The largest absolute Gasteiger partial charge is 0.454 e.